The van der Waals surface area contributed by atoms with E-state index in [1.807, 2.05) is 0 Å². The van der Waals surface area contributed by atoms with Crippen molar-refractivity contribution in [2.24, 2.45) is 0 Å². The van der Waals surface area contributed by atoms with Gasteiger partial charge in [0.1, 0.15) is 11.5 Å². The molecule has 0 aliphatic heterocycles. The Balaban J connectivity index is 2.06. The van der Waals surface area contributed by atoms with E-state index in [0.717, 1.165) is 0 Å². The molecule has 7 heteroatoms. The molecule has 0 aromatic heterocycles. The summed E-state index contributed by atoms with van der Waals surface area (Å²) in [6.45, 7) is 0. The van der Waals surface area contributed by atoms with Gasteiger partial charge < -0.3 is 14.8 Å². The number of nitrogens with one attached hydrogen (secondary N) is 1. The lowest BCUT2D eigenvalue weighted by Gasteiger charge is -2.08. The number of rotatable bonds is 6. The van der Waals surface area contributed by atoms with Crippen LogP contribution in [0.1, 0.15) is 5.56 Å². The molecule has 24 heavy (non-hydrogen) atoms. The van der Waals surface area contributed by atoms with Crippen molar-refractivity contribution < 1.29 is 19.2 Å². The number of hydrogen-bond donors (Lipinski definition) is 1. The van der Waals surface area contributed by atoms with E-state index in [9.17, 15) is 14.9 Å². The molecule has 0 saturated carbocycles. The third-order valence-corrected chi connectivity index (χ3v) is 3.15. The molecular weight excluding hydrogens is 312 g/mol. The van der Waals surface area contributed by atoms with Crippen LogP contribution in [0.4, 0.5) is 11.4 Å². The highest BCUT2D eigenvalue weighted by Gasteiger charge is 2.05. The Morgan fingerprint density at radius 1 is 1.08 bits per heavy atom. The van der Waals surface area contributed by atoms with Gasteiger partial charge in [0.05, 0.1) is 19.1 Å². The van der Waals surface area contributed by atoms with Gasteiger partial charge in [-0.05, 0) is 23.8 Å². The summed E-state index contributed by atoms with van der Waals surface area (Å²) in [5.74, 6) is 0.775. The Kier molecular flexibility index (Phi) is 5.51. The fraction of sp³-hybridized carbons (Fsp3) is 0.118. The van der Waals surface area contributed by atoms with Gasteiger partial charge in [0.25, 0.3) is 5.69 Å². The van der Waals surface area contributed by atoms with Crippen LogP contribution < -0.4 is 14.8 Å². The van der Waals surface area contributed by atoms with Crippen molar-refractivity contribution in [3.05, 3.63) is 64.2 Å². The van der Waals surface area contributed by atoms with Crippen molar-refractivity contribution in [3.8, 4) is 11.5 Å². The SMILES string of the molecule is COc1cc(NC(=O)/C=C/c2ccc([N+](=O)[O-])cc2)cc(OC)c1. The first kappa shape index (κ1) is 17.0. The summed E-state index contributed by atoms with van der Waals surface area (Å²) in [7, 11) is 3.05. The monoisotopic (exact) mass is 328 g/mol. The Hall–Kier alpha value is -3.35. The van der Waals surface area contributed by atoms with Crippen LogP contribution in [-0.2, 0) is 4.79 Å². The quantitative estimate of drug-likeness (QED) is 0.499. The standard InChI is InChI=1S/C17H16N2O5/c1-23-15-9-13(10-16(11-15)24-2)18-17(20)8-5-12-3-6-14(7-4-12)19(21)22/h3-11H,1-2H3,(H,18,20)/b8-5+. The number of nitro benzene ring substituents is 1. The number of hydrogen-bond acceptors (Lipinski definition) is 5. The van der Waals surface area contributed by atoms with E-state index in [2.05, 4.69) is 5.32 Å². The largest absolute Gasteiger partial charge is 0.497 e. The zero-order valence-corrected chi connectivity index (χ0v) is 13.2. The van der Waals surface area contributed by atoms with Crippen LogP contribution in [0.5, 0.6) is 11.5 Å². The van der Waals surface area contributed by atoms with Gasteiger partial charge in [-0.1, -0.05) is 0 Å². The molecule has 0 spiro atoms. The summed E-state index contributed by atoms with van der Waals surface area (Å²) in [5.41, 5.74) is 1.21. The molecule has 0 unspecified atom stereocenters. The maximum atomic E-state index is 12.0. The van der Waals surface area contributed by atoms with Crippen molar-refractivity contribution in [1.29, 1.82) is 0 Å². The van der Waals surface area contributed by atoms with Gasteiger partial charge >= 0.3 is 0 Å². The Labute approximate surface area is 138 Å². The maximum Gasteiger partial charge on any atom is 0.269 e. The summed E-state index contributed by atoms with van der Waals surface area (Å²) in [6, 6.07) is 10.9. The van der Waals surface area contributed by atoms with Crippen molar-refractivity contribution >= 4 is 23.4 Å². The normalized spacial score (nSPS) is 10.4. The van der Waals surface area contributed by atoms with E-state index in [0.29, 0.717) is 22.7 Å². The topological polar surface area (TPSA) is 90.7 Å². The number of non-ortho nitro benzene ring substituents is 1. The number of amides is 1. The molecular formula is C17H16N2O5. The van der Waals surface area contributed by atoms with Crippen LogP contribution in [0.25, 0.3) is 6.08 Å². The average Bonchev–Trinajstić information content (AvgIpc) is 2.59. The van der Waals surface area contributed by atoms with Crippen LogP contribution in [-0.4, -0.2) is 25.1 Å². The number of anilines is 1. The molecule has 0 aliphatic rings. The lowest BCUT2D eigenvalue weighted by Crippen LogP contribution is -2.08. The first-order valence-corrected chi connectivity index (χ1v) is 6.98. The molecule has 0 bridgehead atoms. The van der Waals surface area contributed by atoms with E-state index in [-0.39, 0.29) is 11.6 Å². The van der Waals surface area contributed by atoms with Gasteiger partial charge in [0.2, 0.25) is 5.91 Å². The van der Waals surface area contributed by atoms with E-state index in [1.54, 1.807) is 36.4 Å². The Morgan fingerprint density at radius 2 is 1.67 bits per heavy atom. The number of nitrogens with zero attached hydrogens (tertiary/aromatic N) is 1. The zero-order valence-electron chi connectivity index (χ0n) is 13.2. The van der Waals surface area contributed by atoms with E-state index in [1.165, 1.54) is 32.4 Å². The molecule has 0 radical (unpaired) electrons. The molecule has 0 fully saturated rings. The minimum atomic E-state index is -0.476. The molecule has 2 rings (SSSR count). The second-order valence-corrected chi connectivity index (χ2v) is 4.77. The van der Waals surface area contributed by atoms with E-state index >= 15 is 0 Å². The number of nitro groups is 1. The number of methoxy groups -OCH3 is 2. The Bertz CT molecular complexity index is 747. The van der Waals surface area contributed by atoms with Crippen LogP contribution in [0.3, 0.4) is 0 Å². The van der Waals surface area contributed by atoms with Crippen molar-refractivity contribution in [2.45, 2.75) is 0 Å². The fourth-order valence-electron chi connectivity index (χ4n) is 1.94. The molecule has 0 heterocycles. The highest BCUT2D eigenvalue weighted by molar-refractivity contribution is 6.02. The maximum absolute atomic E-state index is 12.0. The minimum Gasteiger partial charge on any atom is -0.497 e. The summed E-state index contributed by atoms with van der Waals surface area (Å²) in [4.78, 5) is 22.1. The van der Waals surface area contributed by atoms with Crippen LogP contribution in [0.2, 0.25) is 0 Å². The molecule has 0 aliphatic carbocycles. The van der Waals surface area contributed by atoms with Gasteiger partial charge in [-0.25, -0.2) is 0 Å². The summed E-state index contributed by atoms with van der Waals surface area (Å²) in [5, 5.41) is 13.3. The second-order valence-electron chi connectivity index (χ2n) is 4.77. The van der Waals surface area contributed by atoms with Crippen molar-refractivity contribution in [1.82, 2.24) is 0 Å². The summed E-state index contributed by atoms with van der Waals surface area (Å²) >= 11 is 0. The highest BCUT2D eigenvalue weighted by Crippen LogP contribution is 2.25. The van der Waals surface area contributed by atoms with Crippen LogP contribution >= 0.6 is 0 Å². The molecule has 2 aromatic carbocycles. The van der Waals surface area contributed by atoms with Gasteiger partial charge in [0, 0.05) is 42.1 Å². The zero-order chi connectivity index (χ0) is 17.5. The molecule has 1 amide bonds. The molecule has 124 valence electrons. The number of ether oxygens (including phenoxy) is 2. The third-order valence-electron chi connectivity index (χ3n) is 3.15. The van der Waals surface area contributed by atoms with Gasteiger partial charge in [-0.3, -0.25) is 14.9 Å². The third kappa shape index (κ3) is 4.57. The van der Waals surface area contributed by atoms with Gasteiger partial charge in [-0.15, -0.1) is 0 Å². The predicted molar refractivity (Wildman–Crippen MR) is 90.3 cm³/mol. The second kappa shape index (κ2) is 7.77. The molecule has 7 nitrogen and oxygen atoms in total. The summed E-state index contributed by atoms with van der Waals surface area (Å²) in [6.07, 6.45) is 2.91. The lowest BCUT2D eigenvalue weighted by molar-refractivity contribution is -0.384. The van der Waals surface area contributed by atoms with E-state index < -0.39 is 4.92 Å². The minimum absolute atomic E-state index is 0.0000714. The predicted octanol–water partition coefficient (Wildman–Crippen LogP) is 3.26. The Morgan fingerprint density at radius 3 is 2.17 bits per heavy atom. The van der Waals surface area contributed by atoms with Crippen molar-refractivity contribution in [2.75, 3.05) is 19.5 Å². The highest BCUT2D eigenvalue weighted by atomic mass is 16.6. The number of carbonyl (C=O) groups excluding carboxylic acids is 1. The van der Waals surface area contributed by atoms with Crippen LogP contribution in [0, 0.1) is 10.1 Å². The molecule has 0 saturated heterocycles. The molecule has 1 N–H and O–H groups in total. The number of carbonyl (C=O) groups is 1. The summed E-state index contributed by atoms with van der Waals surface area (Å²) < 4.78 is 10.3. The average molecular weight is 328 g/mol. The molecule has 2 aromatic rings. The van der Waals surface area contributed by atoms with E-state index in [4.69, 9.17) is 9.47 Å². The lowest BCUT2D eigenvalue weighted by atomic mass is 10.2. The van der Waals surface area contributed by atoms with Crippen LogP contribution in [0.15, 0.2) is 48.5 Å². The van der Waals surface area contributed by atoms with Gasteiger partial charge in [-0.2, -0.15) is 0 Å². The smallest absolute Gasteiger partial charge is 0.269 e. The molecule has 0 atom stereocenters. The first-order valence-electron chi connectivity index (χ1n) is 6.98. The number of benzene rings is 2. The fourth-order valence-corrected chi connectivity index (χ4v) is 1.94. The first-order chi connectivity index (χ1) is 11.5. The van der Waals surface area contributed by atoms with Crippen molar-refractivity contribution in [3.63, 3.8) is 0 Å². The van der Waals surface area contributed by atoms with Gasteiger partial charge in [0.15, 0.2) is 0 Å².